The summed E-state index contributed by atoms with van der Waals surface area (Å²) in [4.78, 5) is 47.2. The Labute approximate surface area is 227 Å². The lowest BCUT2D eigenvalue weighted by atomic mass is 9.93. The highest BCUT2D eigenvalue weighted by Crippen LogP contribution is 2.45. The SMILES string of the molecule is CCOC(=O)C1CCN(C(=O)CC2=CSC3=NC(C)=C(C(=O)OCCOC)[C@H](c4ccc(C)cc4)N23)CC1. The third-order valence-electron chi connectivity index (χ3n) is 6.93. The van der Waals surface area contributed by atoms with E-state index in [1.165, 1.54) is 11.8 Å². The highest BCUT2D eigenvalue weighted by molar-refractivity contribution is 8.16. The number of hydrogen-bond donors (Lipinski definition) is 0. The number of allylic oxidation sites excluding steroid dienone is 1. The van der Waals surface area contributed by atoms with Crippen molar-refractivity contribution in [1.82, 2.24) is 9.80 Å². The zero-order valence-electron chi connectivity index (χ0n) is 22.4. The molecule has 1 aromatic rings. The van der Waals surface area contributed by atoms with Crippen LogP contribution in [0.15, 0.2) is 51.6 Å². The number of fused-ring (bicyclic) bond motifs is 1. The van der Waals surface area contributed by atoms with Gasteiger partial charge in [-0.1, -0.05) is 41.6 Å². The summed E-state index contributed by atoms with van der Waals surface area (Å²) in [7, 11) is 1.56. The number of hydrogen-bond acceptors (Lipinski definition) is 9. The van der Waals surface area contributed by atoms with E-state index >= 15 is 0 Å². The minimum atomic E-state index is -0.471. The number of benzene rings is 1. The molecule has 1 aromatic carbocycles. The average molecular weight is 542 g/mol. The molecule has 10 heteroatoms. The maximum Gasteiger partial charge on any atom is 0.338 e. The second-order valence-electron chi connectivity index (χ2n) is 9.52. The number of amidine groups is 1. The molecule has 0 spiro atoms. The van der Waals surface area contributed by atoms with E-state index in [0.29, 0.717) is 50.4 Å². The van der Waals surface area contributed by atoms with Gasteiger partial charge in [0, 0.05) is 25.9 Å². The molecule has 0 N–H and O–H groups in total. The minimum Gasteiger partial charge on any atom is -0.466 e. The van der Waals surface area contributed by atoms with Crippen LogP contribution in [0, 0.1) is 12.8 Å². The lowest BCUT2D eigenvalue weighted by Gasteiger charge is -2.37. The summed E-state index contributed by atoms with van der Waals surface area (Å²) in [6.45, 7) is 7.46. The lowest BCUT2D eigenvalue weighted by Crippen LogP contribution is -2.42. The molecule has 0 aliphatic carbocycles. The van der Waals surface area contributed by atoms with E-state index in [0.717, 1.165) is 22.0 Å². The smallest absolute Gasteiger partial charge is 0.338 e. The topological polar surface area (TPSA) is 97.7 Å². The number of thioether (sulfide) groups is 1. The summed E-state index contributed by atoms with van der Waals surface area (Å²) in [5.41, 5.74) is 3.85. The molecule has 204 valence electrons. The number of aliphatic imine (C=N–C) groups is 1. The van der Waals surface area contributed by atoms with Gasteiger partial charge in [-0.15, -0.1) is 0 Å². The largest absolute Gasteiger partial charge is 0.466 e. The van der Waals surface area contributed by atoms with Crippen molar-refractivity contribution in [2.45, 2.75) is 46.1 Å². The quantitative estimate of drug-likeness (QED) is 0.342. The number of likely N-dealkylation sites (tertiary alicyclic amines) is 1. The van der Waals surface area contributed by atoms with Crippen molar-refractivity contribution in [3.8, 4) is 0 Å². The number of rotatable bonds is 9. The van der Waals surface area contributed by atoms with E-state index in [-0.39, 0.29) is 30.8 Å². The lowest BCUT2D eigenvalue weighted by molar-refractivity contribution is -0.151. The number of aryl methyl sites for hydroxylation is 1. The van der Waals surface area contributed by atoms with Crippen molar-refractivity contribution in [3.63, 3.8) is 0 Å². The van der Waals surface area contributed by atoms with Gasteiger partial charge < -0.3 is 24.0 Å². The summed E-state index contributed by atoms with van der Waals surface area (Å²) < 4.78 is 15.7. The molecule has 3 aliphatic heterocycles. The predicted molar refractivity (Wildman–Crippen MR) is 145 cm³/mol. The molecule has 0 aromatic heterocycles. The first-order chi connectivity index (χ1) is 18.3. The Bertz CT molecular complexity index is 1150. The molecule has 1 saturated heterocycles. The Balaban J connectivity index is 1.54. The summed E-state index contributed by atoms with van der Waals surface area (Å²) >= 11 is 1.45. The molecule has 0 radical (unpaired) electrons. The van der Waals surface area contributed by atoms with Gasteiger partial charge in [0.1, 0.15) is 6.61 Å². The van der Waals surface area contributed by atoms with E-state index in [9.17, 15) is 14.4 Å². The van der Waals surface area contributed by atoms with Crippen LogP contribution < -0.4 is 0 Å². The van der Waals surface area contributed by atoms with Gasteiger partial charge in [0.2, 0.25) is 5.91 Å². The number of carbonyl (C=O) groups is 3. The number of amides is 1. The second kappa shape index (κ2) is 12.6. The first kappa shape index (κ1) is 27.9. The van der Waals surface area contributed by atoms with Crippen LogP contribution in [0.5, 0.6) is 0 Å². The Morgan fingerprint density at radius 2 is 1.76 bits per heavy atom. The Kier molecular flexibility index (Phi) is 9.27. The van der Waals surface area contributed by atoms with E-state index in [1.54, 1.807) is 14.0 Å². The van der Waals surface area contributed by atoms with Gasteiger partial charge in [-0.2, -0.15) is 0 Å². The molecule has 0 saturated carbocycles. The second-order valence-corrected chi connectivity index (χ2v) is 10.4. The van der Waals surface area contributed by atoms with Gasteiger partial charge in [-0.25, -0.2) is 9.79 Å². The molecular formula is C28H35N3O6S. The van der Waals surface area contributed by atoms with Crippen LogP contribution in [0.1, 0.15) is 50.3 Å². The third kappa shape index (κ3) is 6.13. The zero-order chi connectivity index (χ0) is 27.2. The predicted octanol–water partition coefficient (Wildman–Crippen LogP) is 3.95. The van der Waals surface area contributed by atoms with Gasteiger partial charge in [-0.3, -0.25) is 9.59 Å². The Hall–Kier alpha value is -3.11. The maximum atomic E-state index is 13.3. The van der Waals surface area contributed by atoms with Crippen LogP contribution in [0.25, 0.3) is 0 Å². The summed E-state index contributed by atoms with van der Waals surface area (Å²) in [6, 6.07) is 7.55. The van der Waals surface area contributed by atoms with Crippen LogP contribution in [-0.4, -0.2) is 72.8 Å². The Morgan fingerprint density at radius 3 is 2.42 bits per heavy atom. The van der Waals surface area contributed by atoms with E-state index in [2.05, 4.69) is 0 Å². The maximum absolute atomic E-state index is 13.3. The number of carbonyl (C=O) groups excluding carboxylic acids is 3. The highest BCUT2D eigenvalue weighted by atomic mass is 32.2. The number of methoxy groups -OCH3 is 1. The van der Waals surface area contributed by atoms with Gasteiger partial charge in [0.15, 0.2) is 5.17 Å². The molecule has 1 atom stereocenters. The van der Waals surface area contributed by atoms with Crippen LogP contribution in [0.3, 0.4) is 0 Å². The molecule has 0 bridgehead atoms. The van der Waals surface area contributed by atoms with E-state index in [4.69, 9.17) is 19.2 Å². The van der Waals surface area contributed by atoms with Gasteiger partial charge in [-0.05, 0) is 44.6 Å². The summed E-state index contributed by atoms with van der Waals surface area (Å²) in [5.74, 6) is -0.807. The average Bonchev–Trinajstić information content (AvgIpc) is 3.30. The number of esters is 2. The fourth-order valence-corrected chi connectivity index (χ4v) is 5.85. The minimum absolute atomic E-state index is 0.0152. The van der Waals surface area contributed by atoms with Crippen molar-refractivity contribution in [2.75, 3.05) is 40.0 Å². The fraction of sp³-hybridized carbons (Fsp3) is 0.500. The molecule has 1 fully saturated rings. The van der Waals surface area contributed by atoms with Gasteiger partial charge >= 0.3 is 11.9 Å². The normalized spacial score (nSPS) is 19.6. The first-order valence-electron chi connectivity index (χ1n) is 13.0. The molecule has 9 nitrogen and oxygen atoms in total. The van der Waals surface area contributed by atoms with E-state index < -0.39 is 12.0 Å². The molecule has 1 amide bonds. The molecular weight excluding hydrogens is 506 g/mol. The molecule has 0 unspecified atom stereocenters. The summed E-state index contributed by atoms with van der Waals surface area (Å²) in [5, 5.41) is 2.67. The van der Waals surface area contributed by atoms with Gasteiger partial charge in [0.25, 0.3) is 0 Å². The van der Waals surface area contributed by atoms with Crippen LogP contribution in [-0.2, 0) is 28.6 Å². The van der Waals surface area contributed by atoms with Crippen molar-refractivity contribution < 1.29 is 28.6 Å². The van der Waals surface area contributed by atoms with Gasteiger partial charge in [0.05, 0.1) is 42.9 Å². The molecule has 3 heterocycles. The fourth-order valence-electron chi connectivity index (χ4n) is 4.88. The molecule has 3 aliphatic rings. The Morgan fingerprint density at radius 1 is 1.05 bits per heavy atom. The molecule has 4 rings (SSSR count). The van der Waals surface area contributed by atoms with Crippen molar-refractivity contribution in [2.24, 2.45) is 10.9 Å². The van der Waals surface area contributed by atoms with Crippen molar-refractivity contribution in [3.05, 3.63) is 57.8 Å². The number of piperidine rings is 1. The zero-order valence-corrected chi connectivity index (χ0v) is 23.2. The third-order valence-corrected chi connectivity index (χ3v) is 7.82. The van der Waals surface area contributed by atoms with E-state index in [1.807, 2.05) is 53.3 Å². The highest BCUT2D eigenvalue weighted by Gasteiger charge is 2.41. The van der Waals surface area contributed by atoms with Crippen molar-refractivity contribution in [1.29, 1.82) is 0 Å². The number of nitrogens with zero attached hydrogens (tertiary/aromatic N) is 3. The number of ether oxygens (including phenoxy) is 3. The monoisotopic (exact) mass is 541 g/mol. The standard InChI is InChI=1S/C28H35N3O6S/c1-5-36-26(33)21-10-12-30(13-11-21)23(32)16-22-17-38-28-29-19(3)24(27(34)37-15-14-35-4)25(31(22)28)20-8-6-18(2)7-9-20/h6-9,17,21,25H,5,10-16H2,1-4H3/t25-/m0/s1. The van der Waals surface area contributed by atoms with Crippen LogP contribution in [0.4, 0.5) is 0 Å². The first-order valence-corrected chi connectivity index (χ1v) is 13.8. The van der Waals surface area contributed by atoms with Crippen LogP contribution in [0.2, 0.25) is 0 Å². The van der Waals surface area contributed by atoms with Crippen LogP contribution >= 0.6 is 11.8 Å². The summed E-state index contributed by atoms with van der Waals surface area (Å²) in [6.07, 6.45) is 1.36. The van der Waals surface area contributed by atoms with Crippen molar-refractivity contribution >= 4 is 34.8 Å². The molecule has 38 heavy (non-hydrogen) atoms.